The van der Waals surface area contributed by atoms with Crippen molar-refractivity contribution in [3.8, 4) is 11.5 Å². The highest BCUT2D eigenvalue weighted by Gasteiger charge is 2.35. The number of aryl methyl sites for hydroxylation is 1. The Kier molecular flexibility index (Phi) is 8.52. The quantitative estimate of drug-likeness (QED) is 0.578. The molecule has 1 atom stereocenters. The standard InChI is InChI=1S/C25H34N2O6/c1-5-33-25(30)18-10-12-26(13-11-18)23(19-8-6-7-9-21(19)32-4)22-20(28)16-17(2)27(24(22)29)14-15-31-3/h6-9,16,18,23,28H,5,10-15H2,1-4H3/t23-/m1/s1. The molecule has 3 rings (SSSR count). The van der Waals surface area contributed by atoms with Crippen molar-refractivity contribution >= 4 is 5.97 Å². The van der Waals surface area contributed by atoms with Gasteiger partial charge in [-0.05, 0) is 51.9 Å². The minimum atomic E-state index is -0.522. The Hall–Kier alpha value is -2.84. The number of carbonyl (C=O) groups is 1. The second-order valence-electron chi connectivity index (χ2n) is 8.24. The van der Waals surface area contributed by atoms with Crippen LogP contribution in [0, 0.1) is 12.8 Å². The van der Waals surface area contributed by atoms with Crippen LogP contribution in [-0.2, 0) is 20.8 Å². The molecule has 0 bridgehead atoms. The minimum Gasteiger partial charge on any atom is -0.507 e. The van der Waals surface area contributed by atoms with Crippen molar-refractivity contribution in [2.24, 2.45) is 5.92 Å². The van der Waals surface area contributed by atoms with Gasteiger partial charge >= 0.3 is 5.97 Å². The summed E-state index contributed by atoms with van der Waals surface area (Å²) >= 11 is 0. The molecule has 0 saturated carbocycles. The number of pyridine rings is 1. The summed E-state index contributed by atoms with van der Waals surface area (Å²) < 4.78 is 17.6. The van der Waals surface area contributed by atoms with E-state index in [0.29, 0.717) is 62.7 Å². The predicted octanol–water partition coefficient (Wildman–Crippen LogP) is 2.88. The fourth-order valence-electron chi connectivity index (χ4n) is 4.57. The van der Waals surface area contributed by atoms with E-state index < -0.39 is 6.04 Å². The molecule has 180 valence electrons. The van der Waals surface area contributed by atoms with E-state index in [4.69, 9.17) is 14.2 Å². The number of ether oxygens (including phenoxy) is 3. The normalized spacial score (nSPS) is 15.9. The van der Waals surface area contributed by atoms with E-state index in [1.54, 1.807) is 38.7 Å². The second kappa shape index (κ2) is 11.3. The molecular formula is C25H34N2O6. The SMILES string of the molecule is CCOC(=O)C1CCN([C@H](c2ccccc2OC)c2c(O)cc(C)n(CCOC)c2=O)CC1. The smallest absolute Gasteiger partial charge is 0.309 e. The highest BCUT2D eigenvalue weighted by molar-refractivity contribution is 5.72. The Bertz CT molecular complexity index is 1010. The molecule has 1 aromatic carbocycles. The Morgan fingerprint density at radius 1 is 1.21 bits per heavy atom. The number of hydrogen-bond donors (Lipinski definition) is 1. The van der Waals surface area contributed by atoms with Crippen LogP contribution in [0.3, 0.4) is 0 Å². The van der Waals surface area contributed by atoms with Crippen molar-refractivity contribution in [1.82, 2.24) is 9.47 Å². The van der Waals surface area contributed by atoms with Crippen LogP contribution in [0.1, 0.15) is 42.6 Å². The maximum Gasteiger partial charge on any atom is 0.309 e. The van der Waals surface area contributed by atoms with Crippen LogP contribution < -0.4 is 10.3 Å². The number of esters is 1. The van der Waals surface area contributed by atoms with Crippen LogP contribution in [0.25, 0.3) is 0 Å². The van der Waals surface area contributed by atoms with E-state index >= 15 is 0 Å². The Balaban J connectivity index is 2.07. The van der Waals surface area contributed by atoms with Crippen LogP contribution in [0.5, 0.6) is 11.5 Å². The van der Waals surface area contributed by atoms with Crippen molar-refractivity contribution in [2.75, 3.05) is 40.5 Å². The van der Waals surface area contributed by atoms with Crippen molar-refractivity contribution in [2.45, 2.75) is 39.3 Å². The zero-order chi connectivity index (χ0) is 24.0. The van der Waals surface area contributed by atoms with Gasteiger partial charge in [0, 0.05) is 24.9 Å². The van der Waals surface area contributed by atoms with Crippen molar-refractivity contribution in [3.63, 3.8) is 0 Å². The summed E-state index contributed by atoms with van der Waals surface area (Å²) in [7, 11) is 3.18. The first-order valence-electron chi connectivity index (χ1n) is 11.4. The van der Waals surface area contributed by atoms with Gasteiger partial charge in [-0.1, -0.05) is 18.2 Å². The third kappa shape index (κ3) is 5.39. The van der Waals surface area contributed by atoms with Crippen LogP contribution in [-0.4, -0.2) is 61.1 Å². The molecule has 8 heteroatoms. The van der Waals surface area contributed by atoms with Crippen LogP contribution >= 0.6 is 0 Å². The molecule has 0 spiro atoms. The molecule has 1 N–H and O–H groups in total. The van der Waals surface area contributed by atoms with Crippen molar-refractivity contribution in [1.29, 1.82) is 0 Å². The molecule has 2 heterocycles. The summed E-state index contributed by atoms with van der Waals surface area (Å²) in [6.45, 7) is 5.89. The molecule has 2 aromatic rings. The van der Waals surface area contributed by atoms with E-state index in [0.717, 1.165) is 5.56 Å². The fourth-order valence-corrected chi connectivity index (χ4v) is 4.57. The summed E-state index contributed by atoms with van der Waals surface area (Å²) in [5.41, 5.74) is 1.51. The molecule has 1 fully saturated rings. The minimum absolute atomic E-state index is 0.0467. The Morgan fingerprint density at radius 3 is 2.55 bits per heavy atom. The monoisotopic (exact) mass is 458 g/mol. The summed E-state index contributed by atoms with van der Waals surface area (Å²) in [5, 5.41) is 11.0. The summed E-state index contributed by atoms with van der Waals surface area (Å²) in [5.74, 6) is 0.253. The number of rotatable bonds is 9. The number of aromatic hydroxyl groups is 1. The van der Waals surface area contributed by atoms with E-state index in [9.17, 15) is 14.7 Å². The average molecular weight is 459 g/mol. The maximum absolute atomic E-state index is 13.6. The number of hydrogen-bond acceptors (Lipinski definition) is 7. The third-order valence-corrected chi connectivity index (χ3v) is 6.26. The number of aromatic nitrogens is 1. The third-order valence-electron chi connectivity index (χ3n) is 6.26. The van der Waals surface area contributed by atoms with E-state index in [2.05, 4.69) is 4.90 Å². The van der Waals surface area contributed by atoms with Crippen molar-refractivity contribution in [3.05, 3.63) is 57.5 Å². The molecule has 1 aromatic heterocycles. The predicted molar refractivity (Wildman–Crippen MR) is 125 cm³/mol. The highest BCUT2D eigenvalue weighted by Crippen LogP contribution is 2.39. The van der Waals surface area contributed by atoms with Gasteiger partial charge in [-0.25, -0.2) is 0 Å². The summed E-state index contributed by atoms with van der Waals surface area (Å²) in [6, 6.07) is 8.64. The van der Waals surface area contributed by atoms with Gasteiger partial charge in [0.15, 0.2) is 0 Å². The van der Waals surface area contributed by atoms with E-state index in [1.807, 2.05) is 24.3 Å². The van der Waals surface area contributed by atoms with E-state index in [-0.39, 0.29) is 23.2 Å². The molecule has 0 aliphatic carbocycles. The molecule has 33 heavy (non-hydrogen) atoms. The van der Waals surface area contributed by atoms with Crippen LogP contribution in [0.4, 0.5) is 0 Å². The lowest BCUT2D eigenvalue weighted by atomic mass is 9.90. The summed E-state index contributed by atoms with van der Waals surface area (Å²) in [4.78, 5) is 28.0. The summed E-state index contributed by atoms with van der Waals surface area (Å²) in [6.07, 6.45) is 1.24. The van der Waals surface area contributed by atoms with Gasteiger partial charge < -0.3 is 23.9 Å². The number of methoxy groups -OCH3 is 2. The number of carbonyl (C=O) groups excluding carboxylic acids is 1. The van der Waals surface area contributed by atoms with E-state index in [1.165, 1.54) is 0 Å². The maximum atomic E-state index is 13.6. The van der Waals surface area contributed by atoms with Gasteiger partial charge in [0.25, 0.3) is 5.56 Å². The lowest BCUT2D eigenvalue weighted by Gasteiger charge is -2.37. The lowest BCUT2D eigenvalue weighted by molar-refractivity contribution is -0.149. The van der Waals surface area contributed by atoms with Crippen LogP contribution in [0.15, 0.2) is 35.1 Å². The van der Waals surface area contributed by atoms with Gasteiger partial charge in [0.2, 0.25) is 0 Å². The first-order valence-corrected chi connectivity index (χ1v) is 11.4. The van der Waals surface area contributed by atoms with Crippen LogP contribution in [0.2, 0.25) is 0 Å². The molecule has 1 aliphatic heterocycles. The molecular weight excluding hydrogens is 424 g/mol. The van der Waals surface area contributed by atoms with Gasteiger partial charge in [-0.15, -0.1) is 0 Å². The first-order chi connectivity index (χ1) is 15.9. The molecule has 0 radical (unpaired) electrons. The first kappa shape index (κ1) is 24.8. The Morgan fingerprint density at radius 2 is 1.91 bits per heavy atom. The van der Waals surface area contributed by atoms with Gasteiger partial charge in [0.1, 0.15) is 11.5 Å². The van der Waals surface area contributed by atoms with Gasteiger partial charge in [-0.3, -0.25) is 14.5 Å². The lowest BCUT2D eigenvalue weighted by Crippen LogP contribution is -2.42. The number of likely N-dealkylation sites (tertiary alicyclic amines) is 1. The topological polar surface area (TPSA) is 90.2 Å². The number of para-hydroxylation sites is 1. The number of nitrogens with zero attached hydrogens (tertiary/aromatic N) is 2. The van der Waals surface area contributed by atoms with Crippen molar-refractivity contribution < 1.29 is 24.1 Å². The van der Waals surface area contributed by atoms with Gasteiger partial charge in [0.05, 0.1) is 37.8 Å². The largest absolute Gasteiger partial charge is 0.507 e. The molecule has 1 saturated heterocycles. The Labute approximate surface area is 194 Å². The fraction of sp³-hybridized carbons (Fsp3) is 0.520. The molecule has 0 unspecified atom stereocenters. The number of benzene rings is 1. The molecule has 8 nitrogen and oxygen atoms in total. The zero-order valence-electron chi connectivity index (χ0n) is 19.9. The molecule has 0 amide bonds. The second-order valence-corrected chi connectivity index (χ2v) is 8.24. The molecule has 1 aliphatic rings. The van der Waals surface area contributed by atoms with Gasteiger partial charge in [-0.2, -0.15) is 0 Å². The highest BCUT2D eigenvalue weighted by atomic mass is 16.5. The number of piperidine rings is 1. The zero-order valence-corrected chi connectivity index (χ0v) is 19.9. The average Bonchev–Trinajstić information content (AvgIpc) is 2.82.